The number of unbranched alkanes of at least 4 members (excludes halogenated alkanes) is 2. The van der Waals surface area contributed by atoms with E-state index in [-0.39, 0.29) is 6.04 Å². The van der Waals surface area contributed by atoms with Crippen LogP contribution in [0.4, 0.5) is 0 Å². The summed E-state index contributed by atoms with van der Waals surface area (Å²) in [5.74, 6) is 0. The van der Waals surface area contributed by atoms with Crippen LogP contribution in [0.25, 0.3) is 0 Å². The predicted molar refractivity (Wildman–Crippen MR) is 58.7 cm³/mol. The SMILES string of the molecule is NCCCCCC(N)c1cccnc1. The summed E-state index contributed by atoms with van der Waals surface area (Å²) >= 11 is 0. The van der Waals surface area contributed by atoms with E-state index in [1.807, 2.05) is 18.3 Å². The molecule has 0 amide bonds. The lowest BCUT2D eigenvalue weighted by molar-refractivity contribution is 0.572. The van der Waals surface area contributed by atoms with Gasteiger partial charge in [-0.15, -0.1) is 0 Å². The van der Waals surface area contributed by atoms with E-state index in [4.69, 9.17) is 11.5 Å². The maximum atomic E-state index is 6.01. The van der Waals surface area contributed by atoms with E-state index < -0.39 is 0 Å². The first kappa shape index (κ1) is 11.1. The fourth-order valence-electron chi connectivity index (χ4n) is 1.45. The molecule has 0 aromatic carbocycles. The molecule has 0 fully saturated rings. The summed E-state index contributed by atoms with van der Waals surface area (Å²) in [6, 6.07) is 4.08. The molecule has 0 aliphatic heterocycles. The maximum absolute atomic E-state index is 6.01. The molecule has 1 rings (SSSR count). The summed E-state index contributed by atoms with van der Waals surface area (Å²) < 4.78 is 0. The summed E-state index contributed by atoms with van der Waals surface area (Å²) in [4.78, 5) is 4.05. The van der Waals surface area contributed by atoms with Crippen LogP contribution in [0.3, 0.4) is 0 Å². The van der Waals surface area contributed by atoms with Crippen molar-refractivity contribution in [3.63, 3.8) is 0 Å². The van der Waals surface area contributed by atoms with Crippen molar-refractivity contribution in [2.75, 3.05) is 6.54 Å². The second-order valence-corrected chi connectivity index (χ2v) is 3.53. The molecule has 1 atom stereocenters. The van der Waals surface area contributed by atoms with Gasteiger partial charge in [0.2, 0.25) is 0 Å². The Kier molecular flexibility index (Phi) is 5.19. The van der Waals surface area contributed by atoms with Gasteiger partial charge in [0.05, 0.1) is 0 Å². The van der Waals surface area contributed by atoms with Crippen molar-refractivity contribution in [3.05, 3.63) is 30.1 Å². The molecule has 0 aliphatic carbocycles. The van der Waals surface area contributed by atoms with Crippen LogP contribution in [-0.2, 0) is 0 Å². The van der Waals surface area contributed by atoms with Crippen LogP contribution in [0, 0.1) is 0 Å². The molecule has 78 valence electrons. The van der Waals surface area contributed by atoms with Crippen LogP contribution in [0.2, 0.25) is 0 Å². The quantitative estimate of drug-likeness (QED) is 0.674. The van der Waals surface area contributed by atoms with Gasteiger partial charge in [-0.3, -0.25) is 4.98 Å². The third-order valence-corrected chi connectivity index (χ3v) is 2.33. The monoisotopic (exact) mass is 193 g/mol. The highest BCUT2D eigenvalue weighted by molar-refractivity contribution is 5.12. The molecule has 0 saturated heterocycles. The van der Waals surface area contributed by atoms with Gasteiger partial charge in [-0.05, 0) is 31.0 Å². The number of hydrogen-bond acceptors (Lipinski definition) is 3. The van der Waals surface area contributed by atoms with Gasteiger partial charge >= 0.3 is 0 Å². The zero-order valence-electron chi connectivity index (χ0n) is 8.52. The Morgan fingerprint density at radius 3 is 2.79 bits per heavy atom. The van der Waals surface area contributed by atoms with Crippen molar-refractivity contribution < 1.29 is 0 Å². The van der Waals surface area contributed by atoms with Crippen molar-refractivity contribution in [1.29, 1.82) is 0 Å². The van der Waals surface area contributed by atoms with Crippen LogP contribution in [0.5, 0.6) is 0 Å². The first-order valence-electron chi connectivity index (χ1n) is 5.20. The van der Waals surface area contributed by atoms with Gasteiger partial charge in [0, 0.05) is 18.4 Å². The van der Waals surface area contributed by atoms with Crippen molar-refractivity contribution >= 4 is 0 Å². The minimum Gasteiger partial charge on any atom is -0.330 e. The van der Waals surface area contributed by atoms with E-state index in [0.29, 0.717) is 0 Å². The smallest absolute Gasteiger partial charge is 0.0315 e. The molecule has 0 aliphatic rings. The molecule has 1 unspecified atom stereocenters. The minimum atomic E-state index is 0.126. The molecule has 1 heterocycles. The minimum absolute atomic E-state index is 0.126. The normalized spacial score (nSPS) is 12.7. The van der Waals surface area contributed by atoms with Crippen molar-refractivity contribution in [2.24, 2.45) is 11.5 Å². The second-order valence-electron chi connectivity index (χ2n) is 3.53. The summed E-state index contributed by atoms with van der Waals surface area (Å²) in [7, 11) is 0. The summed E-state index contributed by atoms with van der Waals surface area (Å²) in [5, 5.41) is 0. The Morgan fingerprint density at radius 2 is 2.14 bits per heavy atom. The summed E-state index contributed by atoms with van der Waals surface area (Å²) in [6.07, 6.45) is 8.04. The number of aromatic nitrogens is 1. The van der Waals surface area contributed by atoms with Gasteiger partial charge in [0.25, 0.3) is 0 Å². The standard InChI is InChI=1S/C11H19N3/c12-7-3-1-2-6-11(13)10-5-4-8-14-9-10/h4-5,8-9,11H,1-3,6-7,12-13H2. The first-order valence-corrected chi connectivity index (χ1v) is 5.20. The summed E-state index contributed by atoms with van der Waals surface area (Å²) in [6.45, 7) is 0.780. The van der Waals surface area contributed by atoms with Gasteiger partial charge in [-0.2, -0.15) is 0 Å². The van der Waals surface area contributed by atoms with Gasteiger partial charge in [0.1, 0.15) is 0 Å². The molecule has 1 aromatic rings. The van der Waals surface area contributed by atoms with Crippen LogP contribution in [-0.4, -0.2) is 11.5 Å². The fourth-order valence-corrected chi connectivity index (χ4v) is 1.45. The van der Waals surface area contributed by atoms with Gasteiger partial charge in [-0.25, -0.2) is 0 Å². The van der Waals surface area contributed by atoms with E-state index in [0.717, 1.165) is 31.4 Å². The fraction of sp³-hybridized carbons (Fsp3) is 0.545. The highest BCUT2D eigenvalue weighted by atomic mass is 14.7. The Hall–Kier alpha value is -0.930. The molecule has 0 bridgehead atoms. The molecule has 3 heteroatoms. The molecular formula is C11H19N3. The molecule has 0 radical (unpaired) electrons. The lowest BCUT2D eigenvalue weighted by Crippen LogP contribution is -2.10. The van der Waals surface area contributed by atoms with Crippen molar-refractivity contribution in [1.82, 2.24) is 4.98 Å². The highest BCUT2D eigenvalue weighted by Crippen LogP contribution is 2.15. The van der Waals surface area contributed by atoms with E-state index in [9.17, 15) is 0 Å². The van der Waals surface area contributed by atoms with Crippen LogP contribution in [0.1, 0.15) is 37.3 Å². The number of nitrogens with two attached hydrogens (primary N) is 2. The van der Waals surface area contributed by atoms with Gasteiger partial charge < -0.3 is 11.5 Å². The molecule has 0 spiro atoms. The highest BCUT2D eigenvalue weighted by Gasteiger charge is 2.04. The largest absolute Gasteiger partial charge is 0.330 e. The van der Waals surface area contributed by atoms with Crippen molar-refractivity contribution in [3.8, 4) is 0 Å². The Labute approximate surface area is 85.5 Å². The molecule has 1 aromatic heterocycles. The molecule has 4 N–H and O–H groups in total. The Morgan fingerprint density at radius 1 is 1.29 bits per heavy atom. The van der Waals surface area contributed by atoms with Gasteiger partial charge in [-0.1, -0.05) is 18.9 Å². The number of pyridine rings is 1. The van der Waals surface area contributed by atoms with Crippen molar-refractivity contribution in [2.45, 2.75) is 31.7 Å². The van der Waals surface area contributed by atoms with Crippen LogP contribution >= 0.6 is 0 Å². The van der Waals surface area contributed by atoms with E-state index in [1.165, 1.54) is 6.42 Å². The van der Waals surface area contributed by atoms with E-state index in [1.54, 1.807) is 6.20 Å². The van der Waals surface area contributed by atoms with Crippen LogP contribution < -0.4 is 11.5 Å². The van der Waals surface area contributed by atoms with Gasteiger partial charge in [0.15, 0.2) is 0 Å². The number of hydrogen-bond donors (Lipinski definition) is 2. The average Bonchev–Trinajstić information content (AvgIpc) is 2.25. The Bertz CT molecular complexity index is 236. The first-order chi connectivity index (χ1) is 6.84. The topological polar surface area (TPSA) is 64.9 Å². The average molecular weight is 193 g/mol. The van der Waals surface area contributed by atoms with E-state index in [2.05, 4.69) is 4.98 Å². The lowest BCUT2D eigenvalue weighted by Gasteiger charge is -2.10. The lowest BCUT2D eigenvalue weighted by atomic mass is 10.0. The molecule has 14 heavy (non-hydrogen) atoms. The molecular weight excluding hydrogens is 174 g/mol. The second kappa shape index (κ2) is 6.51. The predicted octanol–water partition coefficient (Wildman–Crippen LogP) is 1.60. The molecule has 0 saturated carbocycles. The summed E-state index contributed by atoms with van der Waals surface area (Å²) in [5.41, 5.74) is 12.5. The number of rotatable bonds is 6. The van der Waals surface area contributed by atoms with E-state index >= 15 is 0 Å². The Balaban J connectivity index is 2.25. The molecule has 3 nitrogen and oxygen atoms in total. The zero-order valence-corrected chi connectivity index (χ0v) is 8.52. The zero-order chi connectivity index (χ0) is 10.2. The number of nitrogens with zero attached hydrogens (tertiary/aromatic N) is 1. The third-order valence-electron chi connectivity index (χ3n) is 2.33. The van der Waals surface area contributed by atoms with Crippen LogP contribution in [0.15, 0.2) is 24.5 Å². The third kappa shape index (κ3) is 3.85. The maximum Gasteiger partial charge on any atom is 0.0315 e.